The largest absolute Gasteiger partial charge is 0.476 e. The van der Waals surface area contributed by atoms with Gasteiger partial charge in [-0.1, -0.05) is 12.8 Å². The molecule has 5 heteroatoms. The molecule has 0 aromatic carbocycles. The lowest BCUT2D eigenvalue weighted by atomic mass is 9.96. The highest BCUT2D eigenvalue weighted by Crippen LogP contribution is 2.34. The summed E-state index contributed by atoms with van der Waals surface area (Å²) < 4.78 is 0. The fourth-order valence-electron chi connectivity index (χ4n) is 2.79. The smallest absolute Gasteiger partial charge is 0.356 e. The van der Waals surface area contributed by atoms with Crippen molar-refractivity contribution in [2.24, 2.45) is 0 Å². The molecule has 1 aromatic rings. The van der Waals surface area contributed by atoms with Crippen LogP contribution in [0, 0.1) is 0 Å². The van der Waals surface area contributed by atoms with Crippen molar-refractivity contribution in [2.45, 2.75) is 31.2 Å². The van der Waals surface area contributed by atoms with Crippen LogP contribution in [-0.4, -0.2) is 47.1 Å². The number of aromatic nitrogens is 1. The minimum Gasteiger partial charge on any atom is -0.476 e. The first-order chi connectivity index (χ1) is 9.05. The van der Waals surface area contributed by atoms with Crippen molar-refractivity contribution >= 4 is 11.7 Å². The molecule has 0 atom stereocenters. The molecular formula is C14H21N3O2. The van der Waals surface area contributed by atoms with E-state index in [2.05, 4.69) is 29.3 Å². The number of anilines is 1. The summed E-state index contributed by atoms with van der Waals surface area (Å²) >= 11 is 0. The van der Waals surface area contributed by atoms with Gasteiger partial charge in [0.25, 0.3) is 0 Å². The van der Waals surface area contributed by atoms with E-state index in [9.17, 15) is 4.79 Å². The third-order valence-electron chi connectivity index (χ3n) is 4.10. The molecule has 0 unspecified atom stereocenters. The molecule has 0 bridgehead atoms. The number of nitrogens with one attached hydrogen (secondary N) is 1. The van der Waals surface area contributed by atoms with Crippen molar-refractivity contribution in [1.29, 1.82) is 0 Å². The Morgan fingerprint density at radius 2 is 2.16 bits per heavy atom. The van der Waals surface area contributed by atoms with Crippen molar-refractivity contribution < 1.29 is 9.90 Å². The quantitative estimate of drug-likeness (QED) is 0.851. The maximum atomic E-state index is 11.1. The molecule has 19 heavy (non-hydrogen) atoms. The van der Waals surface area contributed by atoms with E-state index in [1.165, 1.54) is 19.0 Å². The predicted octanol–water partition coefficient (Wildman–Crippen LogP) is 2.07. The minimum absolute atomic E-state index is 0.0920. The molecule has 0 spiro atoms. The second-order valence-corrected chi connectivity index (χ2v) is 5.38. The van der Waals surface area contributed by atoms with E-state index in [0.717, 1.165) is 19.4 Å². The van der Waals surface area contributed by atoms with Gasteiger partial charge >= 0.3 is 5.97 Å². The van der Waals surface area contributed by atoms with Crippen LogP contribution in [0.3, 0.4) is 0 Å². The Balaban J connectivity index is 2.12. The fourth-order valence-corrected chi connectivity index (χ4v) is 2.79. The molecule has 0 radical (unpaired) electrons. The Morgan fingerprint density at radius 3 is 2.74 bits per heavy atom. The molecule has 5 nitrogen and oxygen atoms in total. The summed E-state index contributed by atoms with van der Waals surface area (Å²) in [6.07, 6.45) is 6.27. The number of pyridine rings is 1. The molecule has 2 N–H and O–H groups in total. The highest BCUT2D eigenvalue weighted by Gasteiger charge is 2.35. The first-order valence-electron chi connectivity index (χ1n) is 6.65. The van der Waals surface area contributed by atoms with Crippen LogP contribution in [0.25, 0.3) is 0 Å². The van der Waals surface area contributed by atoms with E-state index < -0.39 is 5.97 Å². The van der Waals surface area contributed by atoms with Crippen molar-refractivity contribution in [3.05, 3.63) is 24.0 Å². The van der Waals surface area contributed by atoms with Crippen LogP contribution >= 0.6 is 0 Å². The second-order valence-electron chi connectivity index (χ2n) is 5.38. The van der Waals surface area contributed by atoms with Gasteiger partial charge in [-0.15, -0.1) is 0 Å². The molecule has 1 fully saturated rings. The molecule has 1 aliphatic rings. The Kier molecular flexibility index (Phi) is 4.04. The zero-order chi connectivity index (χ0) is 13.9. The second kappa shape index (κ2) is 5.57. The van der Waals surface area contributed by atoms with Gasteiger partial charge in [-0.2, -0.15) is 0 Å². The van der Waals surface area contributed by atoms with Gasteiger partial charge in [0.05, 0.1) is 5.69 Å². The molecular weight excluding hydrogens is 242 g/mol. The van der Waals surface area contributed by atoms with Gasteiger partial charge in [-0.3, -0.25) is 0 Å². The number of aromatic carboxylic acids is 1. The Hall–Kier alpha value is -1.62. The van der Waals surface area contributed by atoms with Crippen molar-refractivity contribution in [3.8, 4) is 0 Å². The minimum atomic E-state index is -0.992. The van der Waals surface area contributed by atoms with Gasteiger partial charge in [0.15, 0.2) is 5.69 Å². The average Bonchev–Trinajstić information content (AvgIpc) is 2.86. The third-order valence-corrected chi connectivity index (χ3v) is 4.10. The van der Waals surface area contributed by atoms with E-state index in [0.29, 0.717) is 5.69 Å². The highest BCUT2D eigenvalue weighted by molar-refractivity contribution is 5.91. The highest BCUT2D eigenvalue weighted by atomic mass is 16.4. The van der Waals surface area contributed by atoms with Crippen molar-refractivity contribution in [3.63, 3.8) is 0 Å². The fraction of sp³-hybridized carbons (Fsp3) is 0.571. The van der Waals surface area contributed by atoms with Gasteiger partial charge < -0.3 is 15.3 Å². The van der Waals surface area contributed by atoms with Crippen LogP contribution in [0.4, 0.5) is 5.69 Å². The number of likely N-dealkylation sites (N-methyl/N-ethyl adjacent to an activating group) is 1. The van der Waals surface area contributed by atoms with E-state index in [4.69, 9.17) is 5.11 Å². The maximum absolute atomic E-state index is 11.1. The lowest BCUT2D eigenvalue weighted by molar-refractivity contribution is 0.0691. The Morgan fingerprint density at radius 1 is 1.47 bits per heavy atom. The molecule has 0 aliphatic heterocycles. The van der Waals surface area contributed by atoms with Gasteiger partial charge in [0, 0.05) is 18.3 Å². The molecule has 1 aliphatic carbocycles. The number of carboxylic acids is 1. The van der Waals surface area contributed by atoms with Crippen LogP contribution in [0.5, 0.6) is 0 Å². The summed E-state index contributed by atoms with van der Waals surface area (Å²) in [4.78, 5) is 17.3. The predicted molar refractivity (Wildman–Crippen MR) is 74.6 cm³/mol. The molecule has 1 heterocycles. The van der Waals surface area contributed by atoms with Crippen LogP contribution in [-0.2, 0) is 0 Å². The first kappa shape index (κ1) is 13.8. The van der Waals surface area contributed by atoms with Gasteiger partial charge in [0.2, 0.25) is 0 Å². The van der Waals surface area contributed by atoms with Crippen molar-refractivity contribution in [2.75, 3.05) is 26.0 Å². The Labute approximate surface area is 113 Å². The number of hydrogen-bond donors (Lipinski definition) is 2. The Bertz CT molecular complexity index is 454. The number of carboxylic acid groups (broad SMARTS) is 1. The van der Waals surface area contributed by atoms with E-state index in [1.807, 2.05) is 0 Å². The van der Waals surface area contributed by atoms with E-state index in [-0.39, 0.29) is 11.2 Å². The summed E-state index contributed by atoms with van der Waals surface area (Å²) in [5, 5.41) is 12.4. The van der Waals surface area contributed by atoms with Crippen LogP contribution in [0.1, 0.15) is 36.2 Å². The summed E-state index contributed by atoms with van der Waals surface area (Å²) in [7, 11) is 4.18. The zero-order valence-corrected chi connectivity index (χ0v) is 11.5. The molecule has 1 saturated carbocycles. The SMILES string of the molecule is CN(C)C1(CNc2cccnc2C(=O)O)CCCC1. The number of rotatable bonds is 5. The summed E-state index contributed by atoms with van der Waals surface area (Å²) in [5.74, 6) is -0.992. The zero-order valence-electron chi connectivity index (χ0n) is 11.5. The summed E-state index contributed by atoms with van der Waals surface area (Å²) in [5.41, 5.74) is 0.823. The van der Waals surface area contributed by atoms with Crippen LogP contribution in [0.15, 0.2) is 18.3 Å². The first-order valence-corrected chi connectivity index (χ1v) is 6.65. The van der Waals surface area contributed by atoms with Gasteiger partial charge in [0.1, 0.15) is 0 Å². The number of carbonyl (C=O) groups is 1. The van der Waals surface area contributed by atoms with Crippen LogP contribution in [0.2, 0.25) is 0 Å². The topological polar surface area (TPSA) is 65.5 Å². The standard InChI is InChI=1S/C14H21N3O2/c1-17(2)14(7-3-4-8-14)10-16-11-6-5-9-15-12(11)13(18)19/h5-6,9,16H,3-4,7-8,10H2,1-2H3,(H,18,19). The molecule has 0 amide bonds. The van der Waals surface area contributed by atoms with E-state index >= 15 is 0 Å². The normalized spacial score (nSPS) is 17.6. The maximum Gasteiger partial charge on any atom is 0.356 e. The third kappa shape index (κ3) is 2.87. The van der Waals surface area contributed by atoms with Gasteiger partial charge in [-0.05, 0) is 39.1 Å². The van der Waals surface area contributed by atoms with Gasteiger partial charge in [-0.25, -0.2) is 9.78 Å². The summed E-state index contributed by atoms with van der Waals surface area (Å²) in [6.45, 7) is 0.756. The number of hydrogen-bond acceptors (Lipinski definition) is 4. The molecule has 104 valence electrons. The van der Waals surface area contributed by atoms with Crippen LogP contribution < -0.4 is 5.32 Å². The molecule has 2 rings (SSSR count). The number of nitrogens with zero attached hydrogens (tertiary/aromatic N) is 2. The average molecular weight is 263 g/mol. The van der Waals surface area contributed by atoms with E-state index in [1.54, 1.807) is 12.1 Å². The molecule has 1 aromatic heterocycles. The van der Waals surface area contributed by atoms with Crippen molar-refractivity contribution in [1.82, 2.24) is 9.88 Å². The molecule has 0 saturated heterocycles. The lowest BCUT2D eigenvalue weighted by Crippen LogP contribution is -2.47. The lowest BCUT2D eigenvalue weighted by Gasteiger charge is -2.36. The summed E-state index contributed by atoms with van der Waals surface area (Å²) in [6, 6.07) is 3.53. The monoisotopic (exact) mass is 263 g/mol.